The van der Waals surface area contributed by atoms with E-state index >= 15 is 0 Å². The normalized spacial score (nSPS) is 11.8. The molecule has 1 atom stereocenters. The second-order valence-corrected chi connectivity index (χ2v) is 7.04. The summed E-state index contributed by atoms with van der Waals surface area (Å²) in [6.45, 7) is -0.179. The van der Waals surface area contributed by atoms with Crippen LogP contribution in [0.5, 0.6) is 5.75 Å². The Morgan fingerprint density at radius 2 is 1.96 bits per heavy atom. The second kappa shape index (κ2) is 9.80. The number of aliphatic hydroxyl groups excluding tert-OH is 2. The van der Waals surface area contributed by atoms with Gasteiger partial charge in [-0.15, -0.1) is 0 Å². The number of halogens is 3. The van der Waals surface area contributed by atoms with Gasteiger partial charge < -0.3 is 14.9 Å². The van der Waals surface area contributed by atoms with Crippen LogP contribution in [0.1, 0.15) is 29.5 Å². The Labute approximate surface area is 164 Å². The molecule has 0 heterocycles. The van der Waals surface area contributed by atoms with Crippen LogP contribution >= 0.6 is 22.6 Å². The van der Waals surface area contributed by atoms with Gasteiger partial charge in [-0.2, -0.15) is 5.26 Å². The summed E-state index contributed by atoms with van der Waals surface area (Å²) in [6, 6.07) is 9.06. The molecule has 0 aromatic heterocycles. The molecule has 2 aromatic carbocycles. The van der Waals surface area contributed by atoms with Crippen molar-refractivity contribution in [3.8, 4) is 11.8 Å². The standard InChI is InChI=1S/C19H18F2INO3/c20-14-7-13(6-12-3-4-15(22)9-18(12)21)17(10-23)19(8-14)26-5-1-2-16(25)11-24/h3-4,7-9,16,24-25H,1-2,5-6,11H2/t16-/m0/s1. The molecule has 2 N–H and O–H groups in total. The summed E-state index contributed by atoms with van der Waals surface area (Å²) in [5, 5.41) is 27.5. The van der Waals surface area contributed by atoms with Gasteiger partial charge in [0, 0.05) is 16.1 Å². The molecule has 0 radical (unpaired) electrons. The minimum atomic E-state index is -0.832. The highest BCUT2D eigenvalue weighted by Crippen LogP contribution is 2.27. The average molecular weight is 473 g/mol. The van der Waals surface area contributed by atoms with Gasteiger partial charge in [-0.1, -0.05) is 6.07 Å². The Balaban J connectivity index is 2.19. The van der Waals surface area contributed by atoms with Crippen molar-refractivity contribution < 1.29 is 23.7 Å². The summed E-state index contributed by atoms with van der Waals surface area (Å²) in [7, 11) is 0. The Bertz CT molecular complexity index is 808. The molecule has 0 amide bonds. The van der Waals surface area contributed by atoms with Crippen molar-refractivity contribution in [3.05, 3.63) is 62.2 Å². The highest BCUT2D eigenvalue weighted by atomic mass is 127. The summed E-state index contributed by atoms with van der Waals surface area (Å²) < 4.78 is 34.2. The van der Waals surface area contributed by atoms with Crippen molar-refractivity contribution in [1.82, 2.24) is 0 Å². The lowest BCUT2D eigenvalue weighted by atomic mass is 9.99. The Hall–Kier alpha value is -1.76. The Morgan fingerprint density at radius 3 is 2.62 bits per heavy atom. The van der Waals surface area contributed by atoms with Crippen LogP contribution in [-0.4, -0.2) is 29.5 Å². The number of nitrogens with zero attached hydrogens (tertiary/aromatic N) is 1. The molecule has 138 valence electrons. The lowest BCUT2D eigenvalue weighted by Gasteiger charge is -2.13. The number of hydrogen-bond donors (Lipinski definition) is 2. The van der Waals surface area contributed by atoms with E-state index in [2.05, 4.69) is 0 Å². The largest absolute Gasteiger partial charge is 0.492 e. The number of nitriles is 1. The summed E-state index contributed by atoms with van der Waals surface area (Å²) in [5.41, 5.74) is 0.870. The van der Waals surface area contributed by atoms with Gasteiger partial charge in [-0.3, -0.25) is 0 Å². The number of hydrogen-bond acceptors (Lipinski definition) is 4. The lowest BCUT2D eigenvalue weighted by Crippen LogP contribution is -2.13. The first-order valence-electron chi connectivity index (χ1n) is 8.02. The molecule has 0 saturated heterocycles. The molecule has 0 aliphatic carbocycles. The fourth-order valence-corrected chi connectivity index (χ4v) is 2.93. The van der Waals surface area contributed by atoms with Crippen molar-refractivity contribution in [2.75, 3.05) is 13.2 Å². The minimum Gasteiger partial charge on any atom is -0.492 e. The zero-order valence-corrected chi connectivity index (χ0v) is 16.0. The first-order valence-corrected chi connectivity index (χ1v) is 9.10. The maximum Gasteiger partial charge on any atom is 0.140 e. The van der Waals surface area contributed by atoms with Gasteiger partial charge in [0.2, 0.25) is 0 Å². The molecule has 4 nitrogen and oxygen atoms in total. The molecule has 0 fully saturated rings. The summed E-state index contributed by atoms with van der Waals surface area (Å²) in [6.07, 6.45) is 0.00248. The maximum atomic E-state index is 14.1. The third kappa shape index (κ3) is 5.62. The number of aliphatic hydroxyl groups is 2. The Kier molecular flexibility index (Phi) is 7.75. The summed E-state index contributed by atoms with van der Waals surface area (Å²) in [4.78, 5) is 0. The highest BCUT2D eigenvalue weighted by molar-refractivity contribution is 14.1. The fraction of sp³-hybridized carbons (Fsp3) is 0.316. The SMILES string of the molecule is N#Cc1c(Cc2ccc(I)cc2F)cc(F)cc1OCCC[C@H](O)CO. The maximum absolute atomic E-state index is 14.1. The van der Waals surface area contributed by atoms with Crippen molar-refractivity contribution in [2.45, 2.75) is 25.4 Å². The third-order valence-corrected chi connectivity index (χ3v) is 4.48. The van der Waals surface area contributed by atoms with E-state index in [4.69, 9.17) is 9.84 Å². The van der Waals surface area contributed by atoms with Gasteiger partial charge in [0.1, 0.15) is 23.5 Å². The molecular weight excluding hydrogens is 455 g/mol. The second-order valence-electron chi connectivity index (χ2n) is 5.79. The number of benzene rings is 2. The number of rotatable bonds is 8. The molecular formula is C19H18F2INO3. The summed E-state index contributed by atoms with van der Waals surface area (Å²) in [5.74, 6) is -0.896. The first kappa shape index (κ1) is 20.6. The van der Waals surface area contributed by atoms with E-state index in [0.29, 0.717) is 24.0 Å². The van der Waals surface area contributed by atoms with Crippen LogP contribution in [0.4, 0.5) is 8.78 Å². The zero-order valence-electron chi connectivity index (χ0n) is 13.9. The van der Waals surface area contributed by atoms with Crippen molar-refractivity contribution in [3.63, 3.8) is 0 Å². The van der Waals surface area contributed by atoms with Crippen LogP contribution in [0, 0.1) is 26.5 Å². The van der Waals surface area contributed by atoms with E-state index in [9.17, 15) is 19.1 Å². The zero-order chi connectivity index (χ0) is 19.1. The molecule has 7 heteroatoms. The van der Waals surface area contributed by atoms with E-state index < -0.39 is 17.7 Å². The fourth-order valence-electron chi connectivity index (χ4n) is 2.48. The van der Waals surface area contributed by atoms with Crippen molar-refractivity contribution in [1.29, 1.82) is 5.26 Å². The predicted octanol–water partition coefficient (Wildman–Crippen LogP) is 3.54. The van der Waals surface area contributed by atoms with Gasteiger partial charge in [0.15, 0.2) is 0 Å². The van der Waals surface area contributed by atoms with Crippen LogP contribution in [0.25, 0.3) is 0 Å². The van der Waals surface area contributed by atoms with Gasteiger partial charge in [-0.05, 0) is 64.8 Å². The number of ether oxygens (including phenoxy) is 1. The van der Waals surface area contributed by atoms with E-state index in [1.807, 2.05) is 28.7 Å². The molecule has 2 aromatic rings. The molecule has 2 rings (SSSR count). The van der Waals surface area contributed by atoms with E-state index in [1.165, 1.54) is 12.1 Å². The Morgan fingerprint density at radius 1 is 1.19 bits per heavy atom. The van der Waals surface area contributed by atoms with Crippen molar-refractivity contribution in [2.24, 2.45) is 0 Å². The monoisotopic (exact) mass is 473 g/mol. The van der Waals surface area contributed by atoms with Crippen LogP contribution in [0.15, 0.2) is 30.3 Å². The molecule has 26 heavy (non-hydrogen) atoms. The van der Waals surface area contributed by atoms with Gasteiger partial charge >= 0.3 is 0 Å². The highest BCUT2D eigenvalue weighted by Gasteiger charge is 2.15. The third-order valence-electron chi connectivity index (χ3n) is 3.81. The topological polar surface area (TPSA) is 73.5 Å². The molecule has 0 aliphatic heterocycles. The predicted molar refractivity (Wildman–Crippen MR) is 101 cm³/mol. The first-order chi connectivity index (χ1) is 12.4. The lowest BCUT2D eigenvalue weighted by molar-refractivity contribution is 0.0827. The van der Waals surface area contributed by atoms with Gasteiger partial charge in [-0.25, -0.2) is 8.78 Å². The minimum absolute atomic E-state index is 0.0724. The van der Waals surface area contributed by atoms with Crippen LogP contribution in [-0.2, 0) is 6.42 Å². The molecule has 0 spiro atoms. The van der Waals surface area contributed by atoms with Crippen LogP contribution in [0.3, 0.4) is 0 Å². The molecule has 0 aliphatic rings. The van der Waals surface area contributed by atoms with Gasteiger partial charge in [0.25, 0.3) is 0 Å². The average Bonchev–Trinajstić information content (AvgIpc) is 2.60. The quantitative estimate of drug-likeness (QED) is 0.455. The van der Waals surface area contributed by atoms with E-state index in [-0.39, 0.29) is 30.9 Å². The molecule has 0 saturated carbocycles. The van der Waals surface area contributed by atoms with Crippen molar-refractivity contribution >= 4 is 22.6 Å². The smallest absolute Gasteiger partial charge is 0.140 e. The van der Waals surface area contributed by atoms with Crippen LogP contribution in [0.2, 0.25) is 0 Å². The molecule has 0 unspecified atom stereocenters. The van der Waals surface area contributed by atoms with Crippen LogP contribution < -0.4 is 4.74 Å². The summed E-state index contributed by atoms with van der Waals surface area (Å²) >= 11 is 2.00. The molecule has 0 bridgehead atoms. The van der Waals surface area contributed by atoms with E-state index in [1.54, 1.807) is 12.1 Å². The van der Waals surface area contributed by atoms with E-state index in [0.717, 1.165) is 9.64 Å². The van der Waals surface area contributed by atoms with Gasteiger partial charge in [0.05, 0.1) is 24.9 Å².